The van der Waals surface area contributed by atoms with E-state index in [-0.39, 0.29) is 0 Å². The zero-order chi connectivity index (χ0) is 14.9. The molecule has 0 unspecified atom stereocenters. The number of ether oxygens (including phenoxy) is 1. The monoisotopic (exact) mass is 270 g/mol. The summed E-state index contributed by atoms with van der Waals surface area (Å²) >= 11 is 0. The van der Waals surface area contributed by atoms with Crippen LogP contribution < -0.4 is 10.5 Å². The number of hydrogen-bond acceptors (Lipinski definition) is 3. The topological polar surface area (TPSA) is 48.1 Å². The Morgan fingerprint density at radius 3 is 2.20 bits per heavy atom. The molecule has 2 rings (SSSR count). The largest absolute Gasteiger partial charge is 0.487 e. The zero-order valence-electron chi connectivity index (χ0n) is 12.9. The van der Waals surface area contributed by atoms with Gasteiger partial charge in [-0.15, -0.1) is 0 Å². The average molecular weight is 270 g/mol. The molecule has 1 aromatic carbocycles. The molecule has 0 atom stereocenters. The lowest BCUT2D eigenvalue weighted by Crippen LogP contribution is -2.06. The van der Waals surface area contributed by atoms with Crippen LogP contribution in [0.3, 0.4) is 0 Å². The van der Waals surface area contributed by atoms with E-state index in [4.69, 9.17) is 10.5 Å². The highest BCUT2D eigenvalue weighted by Crippen LogP contribution is 2.26. The van der Waals surface area contributed by atoms with Gasteiger partial charge in [-0.3, -0.25) is 4.98 Å². The maximum Gasteiger partial charge on any atom is 0.131 e. The summed E-state index contributed by atoms with van der Waals surface area (Å²) in [5, 5.41) is 0. The van der Waals surface area contributed by atoms with Crippen LogP contribution in [-0.2, 0) is 6.61 Å². The number of hydrogen-bond donors (Lipinski definition) is 1. The fraction of sp³-hybridized carbons (Fsp3) is 0.353. The van der Waals surface area contributed by atoms with Gasteiger partial charge in [-0.1, -0.05) is 17.7 Å². The third-order valence-corrected chi connectivity index (χ3v) is 3.63. The lowest BCUT2D eigenvalue weighted by molar-refractivity contribution is 0.296. The number of pyridine rings is 1. The van der Waals surface area contributed by atoms with Gasteiger partial charge in [-0.05, 0) is 56.9 Å². The Kier molecular flexibility index (Phi) is 3.98. The van der Waals surface area contributed by atoms with Gasteiger partial charge in [0.05, 0.1) is 5.69 Å². The smallest absolute Gasteiger partial charge is 0.131 e. The summed E-state index contributed by atoms with van der Waals surface area (Å²) in [6.07, 6.45) is 1.80. The van der Waals surface area contributed by atoms with Crippen molar-refractivity contribution in [2.45, 2.75) is 41.2 Å². The molecule has 0 bridgehead atoms. The van der Waals surface area contributed by atoms with E-state index in [1.807, 2.05) is 13.8 Å². The molecule has 0 aliphatic heterocycles. The summed E-state index contributed by atoms with van der Waals surface area (Å²) in [6, 6.07) is 4.26. The summed E-state index contributed by atoms with van der Waals surface area (Å²) in [7, 11) is 0. The summed E-state index contributed by atoms with van der Waals surface area (Å²) < 4.78 is 5.97. The van der Waals surface area contributed by atoms with Crippen molar-refractivity contribution in [1.29, 1.82) is 0 Å². The maximum atomic E-state index is 6.04. The van der Waals surface area contributed by atoms with Crippen LogP contribution in [0.2, 0.25) is 0 Å². The van der Waals surface area contributed by atoms with Crippen LogP contribution in [0.25, 0.3) is 0 Å². The molecule has 0 aliphatic carbocycles. The van der Waals surface area contributed by atoms with E-state index in [0.29, 0.717) is 6.61 Å². The summed E-state index contributed by atoms with van der Waals surface area (Å²) in [6.45, 7) is 10.6. The summed E-state index contributed by atoms with van der Waals surface area (Å²) in [5.74, 6) is 0.941. The number of benzene rings is 1. The Hall–Kier alpha value is -2.03. The van der Waals surface area contributed by atoms with Crippen molar-refractivity contribution in [3.8, 4) is 5.75 Å². The normalized spacial score (nSPS) is 10.7. The molecule has 0 amide bonds. The first-order valence-corrected chi connectivity index (χ1v) is 6.81. The second-order valence-corrected chi connectivity index (χ2v) is 5.44. The Morgan fingerprint density at radius 2 is 1.60 bits per heavy atom. The SMILES string of the molecule is Cc1cc(C)c(OCc2ncc(C)c(N)c2C)c(C)c1. The van der Waals surface area contributed by atoms with E-state index in [1.165, 1.54) is 5.56 Å². The minimum Gasteiger partial charge on any atom is -0.487 e. The second kappa shape index (κ2) is 5.53. The van der Waals surface area contributed by atoms with Crippen molar-refractivity contribution in [1.82, 2.24) is 4.98 Å². The molecule has 1 heterocycles. The van der Waals surface area contributed by atoms with Gasteiger partial charge in [0.2, 0.25) is 0 Å². The van der Waals surface area contributed by atoms with Crippen LogP contribution in [-0.4, -0.2) is 4.98 Å². The molecule has 0 spiro atoms. The lowest BCUT2D eigenvalue weighted by Gasteiger charge is -2.15. The minimum atomic E-state index is 0.445. The average Bonchev–Trinajstić information content (AvgIpc) is 2.37. The van der Waals surface area contributed by atoms with E-state index < -0.39 is 0 Å². The van der Waals surface area contributed by atoms with Crippen LogP contribution in [0.5, 0.6) is 5.75 Å². The van der Waals surface area contributed by atoms with Gasteiger partial charge in [-0.25, -0.2) is 0 Å². The molecule has 0 aliphatic rings. The van der Waals surface area contributed by atoms with E-state index >= 15 is 0 Å². The van der Waals surface area contributed by atoms with Crippen LogP contribution in [0.1, 0.15) is 33.5 Å². The van der Waals surface area contributed by atoms with E-state index in [2.05, 4.69) is 37.9 Å². The minimum absolute atomic E-state index is 0.445. The predicted molar refractivity (Wildman–Crippen MR) is 83.1 cm³/mol. The molecule has 0 saturated carbocycles. The van der Waals surface area contributed by atoms with Gasteiger partial charge in [0.25, 0.3) is 0 Å². The van der Waals surface area contributed by atoms with Crippen LogP contribution >= 0.6 is 0 Å². The molecule has 1 aromatic heterocycles. The first-order valence-electron chi connectivity index (χ1n) is 6.81. The molecule has 2 aromatic rings. The first kappa shape index (κ1) is 14.4. The second-order valence-electron chi connectivity index (χ2n) is 5.44. The number of nitrogen functional groups attached to an aromatic ring is 1. The number of rotatable bonds is 3. The number of aryl methyl sites for hydroxylation is 4. The number of anilines is 1. The quantitative estimate of drug-likeness (QED) is 0.923. The summed E-state index contributed by atoms with van der Waals surface area (Å²) in [5.41, 5.74) is 13.3. The van der Waals surface area contributed by atoms with E-state index in [0.717, 1.165) is 39.4 Å². The molecular formula is C17H22N2O. The van der Waals surface area contributed by atoms with Crippen molar-refractivity contribution in [3.63, 3.8) is 0 Å². The molecule has 0 saturated heterocycles. The Bertz CT molecular complexity index is 625. The highest BCUT2D eigenvalue weighted by molar-refractivity contribution is 5.53. The zero-order valence-corrected chi connectivity index (χ0v) is 12.9. The van der Waals surface area contributed by atoms with Gasteiger partial charge >= 0.3 is 0 Å². The highest BCUT2D eigenvalue weighted by atomic mass is 16.5. The highest BCUT2D eigenvalue weighted by Gasteiger charge is 2.09. The third-order valence-electron chi connectivity index (χ3n) is 3.63. The van der Waals surface area contributed by atoms with Crippen LogP contribution in [0.15, 0.2) is 18.3 Å². The molecule has 2 N–H and O–H groups in total. The predicted octanol–water partition coefficient (Wildman–Crippen LogP) is 3.78. The van der Waals surface area contributed by atoms with Gasteiger partial charge in [0.1, 0.15) is 12.4 Å². The Labute approximate surface area is 120 Å². The van der Waals surface area contributed by atoms with Crippen LogP contribution in [0.4, 0.5) is 5.69 Å². The number of aromatic nitrogens is 1. The maximum absolute atomic E-state index is 6.04. The van der Waals surface area contributed by atoms with Crippen molar-refractivity contribution < 1.29 is 4.74 Å². The molecule has 0 fully saturated rings. The van der Waals surface area contributed by atoms with Gasteiger partial charge in [0, 0.05) is 11.9 Å². The lowest BCUT2D eigenvalue weighted by atomic mass is 10.1. The van der Waals surface area contributed by atoms with Gasteiger partial charge < -0.3 is 10.5 Å². The fourth-order valence-corrected chi connectivity index (χ4v) is 2.47. The Morgan fingerprint density at radius 1 is 1.00 bits per heavy atom. The van der Waals surface area contributed by atoms with E-state index in [1.54, 1.807) is 6.20 Å². The summed E-state index contributed by atoms with van der Waals surface area (Å²) in [4.78, 5) is 4.43. The van der Waals surface area contributed by atoms with Crippen molar-refractivity contribution in [2.24, 2.45) is 0 Å². The number of nitrogens with two attached hydrogens (primary N) is 1. The Balaban J connectivity index is 2.24. The molecule has 20 heavy (non-hydrogen) atoms. The van der Waals surface area contributed by atoms with Crippen LogP contribution in [0, 0.1) is 34.6 Å². The first-order chi connectivity index (χ1) is 9.40. The van der Waals surface area contributed by atoms with E-state index in [9.17, 15) is 0 Å². The molecule has 0 radical (unpaired) electrons. The molecule has 3 heteroatoms. The molecular weight excluding hydrogens is 248 g/mol. The number of nitrogens with zero attached hydrogens (tertiary/aromatic N) is 1. The molecule has 3 nitrogen and oxygen atoms in total. The third kappa shape index (κ3) is 2.77. The molecule has 106 valence electrons. The van der Waals surface area contributed by atoms with Gasteiger partial charge in [-0.2, -0.15) is 0 Å². The van der Waals surface area contributed by atoms with Crippen molar-refractivity contribution in [3.05, 3.63) is 51.8 Å². The standard InChI is InChI=1S/C17H22N2O/c1-10-6-11(2)17(12(3)7-10)20-9-15-14(5)16(18)13(4)8-19-15/h6-8H,9H2,1-5H3,(H2,18,19). The van der Waals surface area contributed by atoms with Gasteiger partial charge in [0.15, 0.2) is 0 Å². The van der Waals surface area contributed by atoms with Crippen molar-refractivity contribution >= 4 is 5.69 Å². The van der Waals surface area contributed by atoms with Crippen molar-refractivity contribution in [2.75, 3.05) is 5.73 Å². The fourth-order valence-electron chi connectivity index (χ4n) is 2.47.